The lowest BCUT2D eigenvalue weighted by Gasteiger charge is -2.11. The van der Waals surface area contributed by atoms with Crippen molar-refractivity contribution in [2.75, 3.05) is 6.26 Å². The zero-order valence-electron chi connectivity index (χ0n) is 7.74. The maximum Gasteiger partial charge on any atom is 0.0939 e. The summed E-state index contributed by atoms with van der Waals surface area (Å²) in [6.07, 6.45) is 1.68. The Bertz CT molecular complexity index is 392. The number of benzene rings is 1. The highest BCUT2D eigenvalue weighted by atomic mass is 35.5. The molecule has 0 saturated carbocycles. The van der Waals surface area contributed by atoms with Crippen LogP contribution in [-0.2, 0) is 17.2 Å². The van der Waals surface area contributed by atoms with Crippen LogP contribution in [0, 0.1) is 0 Å². The predicted octanol–water partition coefficient (Wildman–Crippen LogP) is 1.68. The van der Waals surface area contributed by atoms with E-state index in [1.807, 2.05) is 12.1 Å². The quantitative estimate of drug-likeness (QED) is 0.797. The van der Waals surface area contributed by atoms with Crippen molar-refractivity contribution < 1.29 is 9.32 Å². The van der Waals surface area contributed by atoms with Gasteiger partial charge in [0.1, 0.15) is 0 Å². The van der Waals surface area contributed by atoms with Crippen LogP contribution in [0.3, 0.4) is 0 Å². The summed E-state index contributed by atoms with van der Waals surface area (Å²) < 4.78 is 11.3. The molecule has 1 N–H and O–H groups in total. The monoisotopic (exact) mass is 230 g/mol. The molecule has 3 unspecified atom stereocenters. The van der Waals surface area contributed by atoms with Crippen LogP contribution < -0.4 is 0 Å². The normalized spacial score (nSPS) is 27.4. The van der Waals surface area contributed by atoms with E-state index >= 15 is 0 Å². The highest BCUT2D eigenvalue weighted by Gasteiger charge is 2.33. The first-order valence-corrected chi connectivity index (χ1v) is 6.38. The van der Waals surface area contributed by atoms with Gasteiger partial charge in [0.2, 0.25) is 0 Å². The van der Waals surface area contributed by atoms with Crippen LogP contribution in [0.4, 0.5) is 0 Å². The van der Waals surface area contributed by atoms with Gasteiger partial charge in [0.05, 0.1) is 11.4 Å². The van der Waals surface area contributed by atoms with E-state index in [4.69, 9.17) is 11.6 Å². The molecule has 0 spiro atoms. The van der Waals surface area contributed by atoms with Gasteiger partial charge >= 0.3 is 0 Å². The molecule has 0 bridgehead atoms. The predicted molar refractivity (Wildman–Crippen MR) is 58.0 cm³/mol. The molecule has 0 fully saturated rings. The van der Waals surface area contributed by atoms with Gasteiger partial charge in [-0.2, -0.15) is 0 Å². The van der Waals surface area contributed by atoms with Crippen molar-refractivity contribution in [1.82, 2.24) is 0 Å². The van der Waals surface area contributed by atoms with Crippen LogP contribution in [0.15, 0.2) is 18.2 Å². The number of aliphatic hydroxyl groups is 1. The molecule has 1 aliphatic carbocycles. The van der Waals surface area contributed by atoms with Crippen LogP contribution >= 0.6 is 11.6 Å². The highest BCUT2D eigenvalue weighted by molar-refractivity contribution is 7.85. The lowest BCUT2D eigenvalue weighted by atomic mass is 10.1. The summed E-state index contributed by atoms with van der Waals surface area (Å²) in [6, 6.07) is 5.41. The van der Waals surface area contributed by atoms with Crippen molar-refractivity contribution in [2.45, 2.75) is 17.8 Å². The third kappa shape index (κ3) is 1.60. The molecular weight excluding hydrogens is 220 g/mol. The summed E-state index contributed by atoms with van der Waals surface area (Å²) in [4.78, 5) is 0. The smallest absolute Gasteiger partial charge is 0.0939 e. The van der Waals surface area contributed by atoms with Crippen molar-refractivity contribution in [3.8, 4) is 0 Å². The Morgan fingerprint density at radius 2 is 2.29 bits per heavy atom. The Morgan fingerprint density at radius 1 is 1.57 bits per heavy atom. The number of halogens is 1. The van der Waals surface area contributed by atoms with Gasteiger partial charge in [-0.15, -0.1) is 0 Å². The van der Waals surface area contributed by atoms with Gasteiger partial charge in [-0.1, -0.05) is 17.7 Å². The fourth-order valence-corrected chi connectivity index (χ4v) is 2.99. The number of hydrogen-bond donors (Lipinski definition) is 1. The van der Waals surface area contributed by atoms with Crippen molar-refractivity contribution in [3.05, 3.63) is 34.3 Å². The van der Waals surface area contributed by atoms with E-state index < -0.39 is 16.9 Å². The molecule has 2 rings (SSSR count). The van der Waals surface area contributed by atoms with Crippen LogP contribution in [0.25, 0.3) is 0 Å². The number of fused-ring (bicyclic) bond motifs is 1. The summed E-state index contributed by atoms with van der Waals surface area (Å²) in [7, 11) is -0.997. The fourth-order valence-electron chi connectivity index (χ4n) is 1.87. The molecule has 2 nitrogen and oxygen atoms in total. The summed E-state index contributed by atoms with van der Waals surface area (Å²) >= 11 is 5.84. The second-order valence-electron chi connectivity index (χ2n) is 3.53. The fraction of sp³-hybridized carbons (Fsp3) is 0.400. The average Bonchev–Trinajstić information content (AvgIpc) is 2.43. The summed E-state index contributed by atoms with van der Waals surface area (Å²) in [5.41, 5.74) is 1.89. The third-order valence-electron chi connectivity index (χ3n) is 2.62. The van der Waals surface area contributed by atoms with E-state index in [0.717, 1.165) is 11.1 Å². The van der Waals surface area contributed by atoms with E-state index in [0.29, 0.717) is 11.4 Å². The molecule has 1 aromatic carbocycles. The van der Waals surface area contributed by atoms with Crippen LogP contribution in [0.2, 0.25) is 5.02 Å². The Kier molecular flexibility index (Phi) is 2.64. The Balaban J connectivity index is 2.40. The number of hydrogen-bond acceptors (Lipinski definition) is 2. The number of rotatable bonds is 1. The second-order valence-corrected chi connectivity index (χ2v) is 5.57. The first-order chi connectivity index (χ1) is 6.59. The molecule has 0 radical (unpaired) electrons. The SMILES string of the molecule is CS(=O)C1Cc2cc(Cl)ccc2C1O. The highest BCUT2D eigenvalue weighted by Crippen LogP contribution is 2.35. The first-order valence-electron chi connectivity index (χ1n) is 4.38. The summed E-state index contributed by atoms with van der Waals surface area (Å²) in [5, 5.41) is 10.4. The van der Waals surface area contributed by atoms with Gasteiger partial charge in [0.15, 0.2) is 0 Å². The van der Waals surface area contributed by atoms with Gasteiger partial charge in [-0.05, 0) is 29.7 Å². The maximum absolute atomic E-state index is 11.3. The molecule has 4 heteroatoms. The number of aliphatic hydroxyl groups excluding tert-OH is 1. The lowest BCUT2D eigenvalue weighted by molar-refractivity contribution is 0.184. The Morgan fingerprint density at radius 3 is 2.93 bits per heavy atom. The maximum atomic E-state index is 11.3. The van der Waals surface area contributed by atoms with E-state index in [-0.39, 0.29) is 5.25 Å². The zero-order chi connectivity index (χ0) is 10.3. The molecule has 1 aliphatic rings. The third-order valence-corrected chi connectivity index (χ3v) is 4.14. The minimum Gasteiger partial charge on any atom is -0.387 e. The first kappa shape index (κ1) is 10.1. The topological polar surface area (TPSA) is 37.3 Å². The van der Waals surface area contributed by atoms with Gasteiger partial charge in [0, 0.05) is 22.1 Å². The van der Waals surface area contributed by atoms with Crippen LogP contribution in [0.1, 0.15) is 17.2 Å². The molecular formula is C10H11ClO2S. The minimum absolute atomic E-state index is 0.177. The van der Waals surface area contributed by atoms with Crippen LogP contribution in [0.5, 0.6) is 0 Å². The second kappa shape index (κ2) is 3.65. The molecule has 0 heterocycles. The van der Waals surface area contributed by atoms with Crippen LogP contribution in [-0.4, -0.2) is 20.8 Å². The molecule has 14 heavy (non-hydrogen) atoms. The zero-order valence-corrected chi connectivity index (χ0v) is 9.31. The van der Waals surface area contributed by atoms with E-state index in [9.17, 15) is 9.32 Å². The van der Waals surface area contributed by atoms with Crippen molar-refractivity contribution in [3.63, 3.8) is 0 Å². The van der Waals surface area contributed by atoms with Gasteiger partial charge in [0.25, 0.3) is 0 Å². The van der Waals surface area contributed by atoms with Gasteiger partial charge in [-0.3, -0.25) is 4.21 Å². The lowest BCUT2D eigenvalue weighted by Crippen LogP contribution is -2.18. The van der Waals surface area contributed by atoms with E-state index in [1.165, 1.54) is 0 Å². The molecule has 76 valence electrons. The molecule has 0 amide bonds. The average molecular weight is 231 g/mol. The minimum atomic E-state index is -0.997. The van der Waals surface area contributed by atoms with E-state index in [1.54, 1.807) is 12.3 Å². The summed E-state index contributed by atoms with van der Waals surface area (Å²) in [5.74, 6) is 0. The molecule has 0 aromatic heterocycles. The van der Waals surface area contributed by atoms with E-state index in [2.05, 4.69) is 0 Å². The molecule has 3 atom stereocenters. The van der Waals surface area contributed by atoms with Crippen molar-refractivity contribution in [2.24, 2.45) is 0 Å². The largest absolute Gasteiger partial charge is 0.387 e. The van der Waals surface area contributed by atoms with Gasteiger partial charge < -0.3 is 5.11 Å². The standard InChI is InChI=1S/C10H11ClO2S/c1-14(13)9-5-6-4-7(11)2-3-8(6)10(9)12/h2-4,9-10,12H,5H2,1H3. The van der Waals surface area contributed by atoms with Crippen molar-refractivity contribution in [1.29, 1.82) is 0 Å². The molecule has 0 saturated heterocycles. The molecule has 1 aromatic rings. The van der Waals surface area contributed by atoms with Crippen molar-refractivity contribution >= 4 is 22.4 Å². The Labute approximate surface area is 90.4 Å². The van der Waals surface area contributed by atoms with Gasteiger partial charge in [-0.25, -0.2) is 0 Å². The summed E-state index contributed by atoms with van der Waals surface area (Å²) in [6.45, 7) is 0. The Hall–Kier alpha value is -0.380. The molecule has 0 aliphatic heterocycles.